The molecule has 0 bridgehead atoms. The van der Waals surface area contributed by atoms with Crippen LogP contribution in [0.3, 0.4) is 0 Å². The smallest absolute Gasteiger partial charge is 0.175 e. The Kier molecular flexibility index (Phi) is 4.18. The highest BCUT2D eigenvalue weighted by atomic mass is 15.3. The molecule has 2 heterocycles. The van der Waals surface area contributed by atoms with Crippen LogP contribution in [0, 0.1) is 0 Å². The van der Waals surface area contributed by atoms with Crippen molar-refractivity contribution in [3.05, 3.63) is 35.8 Å². The Labute approximate surface area is 120 Å². The minimum absolute atomic E-state index is 0.0862. The fourth-order valence-corrected chi connectivity index (χ4v) is 2.09. The van der Waals surface area contributed by atoms with Crippen LogP contribution in [0.25, 0.3) is 5.82 Å². The number of rotatable bonds is 4. The molecule has 0 unspecified atom stereocenters. The summed E-state index contributed by atoms with van der Waals surface area (Å²) in [6, 6.07) is 3.80. The van der Waals surface area contributed by atoms with Crippen molar-refractivity contribution in [2.45, 2.75) is 52.6 Å². The Balaban J connectivity index is 2.34. The van der Waals surface area contributed by atoms with Crippen LogP contribution in [-0.2, 0) is 6.54 Å². The minimum atomic E-state index is 0.0862. The van der Waals surface area contributed by atoms with Crippen LogP contribution in [-0.4, -0.2) is 25.5 Å². The summed E-state index contributed by atoms with van der Waals surface area (Å²) < 4.78 is 1.89. The van der Waals surface area contributed by atoms with Crippen molar-refractivity contribution >= 4 is 0 Å². The third-order valence-corrected chi connectivity index (χ3v) is 3.02. The second kappa shape index (κ2) is 5.71. The highest BCUT2D eigenvalue weighted by Crippen LogP contribution is 2.22. The maximum Gasteiger partial charge on any atom is 0.175 e. The van der Waals surface area contributed by atoms with E-state index < -0.39 is 0 Å². The molecule has 2 aromatic heterocycles. The molecule has 0 fully saturated rings. The van der Waals surface area contributed by atoms with Gasteiger partial charge in [-0.3, -0.25) is 0 Å². The van der Waals surface area contributed by atoms with Crippen LogP contribution in [0.2, 0.25) is 0 Å². The fraction of sp³-hybridized carbons (Fsp3) is 0.533. The predicted octanol–water partition coefficient (Wildman–Crippen LogP) is 2.67. The van der Waals surface area contributed by atoms with Crippen LogP contribution in [0.4, 0.5) is 0 Å². The zero-order valence-electron chi connectivity index (χ0n) is 12.9. The molecule has 0 saturated carbocycles. The normalized spacial score (nSPS) is 12.1. The summed E-state index contributed by atoms with van der Waals surface area (Å²) in [5.41, 5.74) is 2.48. The summed E-state index contributed by atoms with van der Waals surface area (Å²) in [4.78, 5) is 0. The lowest BCUT2D eigenvalue weighted by Crippen LogP contribution is -2.35. The van der Waals surface area contributed by atoms with Crippen molar-refractivity contribution in [2.24, 2.45) is 0 Å². The van der Waals surface area contributed by atoms with Gasteiger partial charge in [-0.25, -0.2) is 4.68 Å². The van der Waals surface area contributed by atoms with Gasteiger partial charge in [0.05, 0.1) is 11.9 Å². The lowest BCUT2D eigenvalue weighted by Gasteiger charge is -2.21. The maximum absolute atomic E-state index is 4.48. The van der Waals surface area contributed by atoms with Crippen LogP contribution in [0.1, 0.15) is 51.8 Å². The Morgan fingerprint density at radius 3 is 2.60 bits per heavy atom. The summed E-state index contributed by atoms with van der Waals surface area (Å²) in [6.07, 6.45) is 3.59. The topological polar surface area (TPSA) is 55.6 Å². The van der Waals surface area contributed by atoms with Gasteiger partial charge >= 0.3 is 0 Å². The van der Waals surface area contributed by atoms with Gasteiger partial charge in [0, 0.05) is 23.8 Å². The highest BCUT2D eigenvalue weighted by molar-refractivity contribution is 5.30. The molecule has 2 rings (SSSR count). The molecule has 1 N–H and O–H groups in total. The number of hydrogen-bond acceptors (Lipinski definition) is 4. The van der Waals surface area contributed by atoms with Gasteiger partial charge in [0.15, 0.2) is 5.82 Å². The highest BCUT2D eigenvalue weighted by Gasteiger charge is 2.18. The molecule has 0 aromatic carbocycles. The van der Waals surface area contributed by atoms with E-state index >= 15 is 0 Å². The van der Waals surface area contributed by atoms with E-state index in [0.717, 1.165) is 12.4 Å². The average Bonchev–Trinajstić information content (AvgIpc) is 2.80. The Hall–Kier alpha value is -1.75. The molecule has 108 valence electrons. The predicted molar refractivity (Wildman–Crippen MR) is 79.8 cm³/mol. The second-order valence-electron chi connectivity index (χ2n) is 6.31. The number of nitrogens with one attached hydrogen (secondary N) is 1. The van der Waals surface area contributed by atoms with Crippen molar-refractivity contribution in [3.8, 4) is 5.82 Å². The molecule has 0 spiro atoms. The van der Waals surface area contributed by atoms with Gasteiger partial charge < -0.3 is 5.32 Å². The summed E-state index contributed by atoms with van der Waals surface area (Å²) in [7, 11) is 0. The molecule has 0 aliphatic heterocycles. The maximum atomic E-state index is 4.48. The average molecular weight is 273 g/mol. The van der Waals surface area contributed by atoms with E-state index in [1.54, 1.807) is 6.20 Å². The molecule has 2 aromatic rings. The Morgan fingerprint density at radius 2 is 2.05 bits per heavy atom. The van der Waals surface area contributed by atoms with E-state index in [0.29, 0.717) is 5.92 Å². The molecule has 0 aliphatic carbocycles. The van der Waals surface area contributed by atoms with E-state index in [1.165, 1.54) is 11.3 Å². The summed E-state index contributed by atoms with van der Waals surface area (Å²) in [6.45, 7) is 11.6. The van der Waals surface area contributed by atoms with Gasteiger partial charge in [-0.1, -0.05) is 13.8 Å². The SMILES string of the molecule is CC(C)c1c(CNC(C)(C)C)cnn1-c1cccnn1. The van der Waals surface area contributed by atoms with E-state index in [1.807, 2.05) is 23.0 Å². The summed E-state index contributed by atoms with van der Waals surface area (Å²) in [5.74, 6) is 1.13. The van der Waals surface area contributed by atoms with Crippen LogP contribution in [0.5, 0.6) is 0 Å². The van der Waals surface area contributed by atoms with Gasteiger partial charge in [0.2, 0.25) is 0 Å². The molecule has 0 saturated heterocycles. The second-order valence-corrected chi connectivity index (χ2v) is 6.31. The quantitative estimate of drug-likeness (QED) is 0.930. The molecule has 0 aliphatic rings. The van der Waals surface area contributed by atoms with Crippen molar-refractivity contribution in [1.29, 1.82) is 0 Å². The molecule has 0 radical (unpaired) electrons. The van der Waals surface area contributed by atoms with Gasteiger partial charge in [-0.2, -0.15) is 10.2 Å². The third kappa shape index (κ3) is 3.42. The van der Waals surface area contributed by atoms with Crippen LogP contribution in [0.15, 0.2) is 24.5 Å². The molecule has 5 heteroatoms. The first-order chi connectivity index (χ1) is 9.38. The largest absolute Gasteiger partial charge is 0.308 e. The number of hydrogen-bond donors (Lipinski definition) is 1. The van der Waals surface area contributed by atoms with Crippen molar-refractivity contribution in [2.75, 3.05) is 0 Å². The number of aromatic nitrogens is 4. The van der Waals surface area contributed by atoms with E-state index in [4.69, 9.17) is 0 Å². The zero-order chi connectivity index (χ0) is 14.8. The van der Waals surface area contributed by atoms with Gasteiger partial charge in [-0.15, -0.1) is 5.10 Å². The Morgan fingerprint density at radius 1 is 1.30 bits per heavy atom. The van der Waals surface area contributed by atoms with Gasteiger partial charge in [0.25, 0.3) is 0 Å². The van der Waals surface area contributed by atoms with Gasteiger partial charge in [-0.05, 0) is 38.8 Å². The first-order valence-electron chi connectivity index (χ1n) is 6.98. The molecular formula is C15H23N5. The molecule has 5 nitrogen and oxygen atoms in total. The number of nitrogens with zero attached hydrogens (tertiary/aromatic N) is 4. The van der Waals surface area contributed by atoms with E-state index in [9.17, 15) is 0 Å². The first-order valence-corrected chi connectivity index (χ1v) is 6.98. The van der Waals surface area contributed by atoms with Crippen LogP contribution >= 0.6 is 0 Å². The van der Waals surface area contributed by atoms with E-state index in [2.05, 4.69) is 55.2 Å². The standard InChI is InChI=1S/C15H23N5/c1-11(2)14-12(9-16-15(3,4)5)10-18-20(14)13-7-6-8-17-19-13/h6-8,10-11,16H,9H2,1-5H3. The molecular weight excluding hydrogens is 250 g/mol. The van der Waals surface area contributed by atoms with Crippen molar-refractivity contribution in [1.82, 2.24) is 25.3 Å². The van der Waals surface area contributed by atoms with Gasteiger partial charge in [0.1, 0.15) is 0 Å². The molecule has 0 amide bonds. The molecule has 0 atom stereocenters. The minimum Gasteiger partial charge on any atom is -0.308 e. The molecule has 20 heavy (non-hydrogen) atoms. The third-order valence-electron chi connectivity index (χ3n) is 3.02. The van der Waals surface area contributed by atoms with Crippen molar-refractivity contribution in [3.63, 3.8) is 0 Å². The summed E-state index contributed by atoms with van der Waals surface area (Å²) >= 11 is 0. The Bertz CT molecular complexity index is 551. The lowest BCUT2D eigenvalue weighted by atomic mass is 10.0. The lowest BCUT2D eigenvalue weighted by molar-refractivity contribution is 0.423. The first kappa shape index (κ1) is 14.7. The van der Waals surface area contributed by atoms with E-state index in [-0.39, 0.29) is 5.54 Å². The monoisotopic (exact) mass is 273 g/mol. The fourth-order valence-electron chi connectivity index (χ4n) is 2.09. The summed E-state index contributed by atoms with van der Waals surface area (Å²) in [5, 5.41) is 16.1. The van der Waals surface area contributed by atoms with Crippen LogP contribution < -0.4 is 5.32 Å². The zero-order valence-corrected chi connectivity index (χ0v) is 12.9. The van der Waals surface area contributed by atoms with Crippen molar-refractivity contribution < 1.29 is 0 Å².